The molecule has 0 heterocycles. The minimum absolute atomic E-state index is 0.290. The van der Waals surface area contributed by atoms with Crippen molar-refractivity contribution in [3.63, 3.8) is 0 Å². The average Bonchev–Trinajstić information content (AvgIpc) is 2.29. The summed E-state index contributed by atoms with van der Waals surface area (Å²) in [6, 6.07) is 5.46. The molecule has 2 rings (SSSR count). The molecule has 0 atom stereocenters. The molecule has 0 unspecified atom stereocenters. The average molecular weight is 313 g/mol. The molecule has 1 aliphatic carbocycles. The highest BCUT2D eigenvalue weighted by Crippen LogP contribution is 2.30. The van der Waals surface area contributed by atoms with E-state index in [0.717, 1.165) is 35.0 Å². The molecule has 1 aliphatic rings. The number of rotatable bonds is 3. The van der Waals surface area contributed by atoms with Gasteiger partial charge in [0.2, 0.25) is 0 Å². The summed E-state index contributed by atoms with van der Waals surface area (Å²) in [6.45, 7) is 2.27. The SMILES string of the molecule is Cc1ccc(Br)c(NC(=O)NCC2(O)CCC2)c1. The van der Waals surface area contributed by atoms with E-state index in [1.54, 1.807) is 0 Å². The van der Waals surface area contributed by atoms with Crippen molar-refractivity contribution < 1.29 is 9.90 Å². The Morgan fingerprint density at radius 2 is 2.22 bits per heavy atom. The predicted molar refractivity (Wildman–Crippen MR) is 74.7 cm³/mol. The van der Waals surface area contributed by atoms with Gasteiger partial charge in [-0.1, -0.05) is 6.07 Å². The molecule has 1 aromatic rings. The number of nitrogens with one attached hydrogen (secondary N) is 2. The summed E-state index contributed by atoms with van der Waals surface area (Å²) in [5.41, 5.74) is 1.11. The maximum Gasteiger partial charge on any atom is 0.319 e. The molecular weight excluding hydrogens is 296 g/mol. The summed E-state index contributed by atoms with van der Waals surface area (Å²) < 4.78 is 0.839. The topological polar surface area (TPSA) is 61.4 Å². The van der Waals surface area contributed by atoms with Crippen LogP contribution in [0.1, 0.15) is 24.8 Å². The zero-order valence-electron chi connectivity index (χ0n) is 10.3. The Morgan fingerprint density at radius 3 is 2.83 bits per heavy atom. The Balaban J connectivity index is 1.88. The van der Waals surface area contributed by atoms with Gasteiger partial charge in [-0.05, 0) is 59.8 Å². The van der Waals surface area contributed by atoms with E-state index >= 15 is 0 Å². The van der Waals surface area contributed by atoms with Crippen LogP contribution < -0.4 is 10.6 Å². The number of aryl methyl sites for hydroxylation is 1. The quantitative estimate of drug-likeness (QED) is 0.803. The minimum Gasteiger partial charge on any atom is -0.388 e. The molecule has 1 aromatic carbocycles. The number of aliphatic hydroxyl groups is 1. The molecule has 98 valence electrons. The van der Waals surface area contributed by atoms with Crippen molar-refractivity contribution in [3.8, 4) is 0 Å². The third kappa shape index (κ3) is 3.23. The Bertz CT molecular complexity index is 458. The van der Waals surface area contributed by atoms with Crippen molar-refractivity contribution in [1.82, 2.24) is 5.32 Å². The van der Waals surface area contributed by atoms with Gasteiger partial charge in [-0.3, -0.25) is 0 Å². The second kappa shape index (κ2) is 5.28. The molecule has 0 radical (unpaired) electrons. The molecule has 4 nitrogen and oxygen atoms in total. The van der Waals surface area contributed by atoms with E-state index in [1.165, 1.54) is 0 Å². The largest absolute Gasteiger partial charge is 0.388 e. The first-order valence-corrected chi connectivity index (χ1v) is 6.81. The number of urea groups is 1. The van der Waals surface area contributed by atoms with E-state index in [0.29, 0.717) is 6.54 Å². The van der Waals surface area contributed by atoms with Gasteiger partial charge in [-0.15, -0.1) is 0 Å². The van der Waals surface area contributed by atoms with Crippen LogP contribution in [0.25, 0.3) is 0 Å². The number of amides is 2. The van der Waals surface area contributed by atoms with E-state index < -0.39 is 5.60 Å². The van der Waals surface area contributed by atoms with Gasteiger partial charge in [0.05, 0.1) is 11.3 Å². The lowest BCUT2D eigenvalue weighted by Crippen LogP contribution is -2.48. The fourth-order valence-electron chi connectivity index (χ4n) is 1.91. The first-order chi connectivity index (χ1) is 8.48. The van der Waals surface area contributed by atoms with Gasteiger partial charge in [0.1, 0.15) is 0 Å². The molecule has 0 spiro atoms. The van der Waals surface area contributed by atoms with Crippen LogP contribution in [0.4, 0.5) is 10.5 Å². The smallest absolute Gasteiger partial charge is 0.319 e. The Hall–Kier alpha value is -1.07. The van der Waals surface area contributed by atoms with Crippen LogP contribution in [-0.2, 0) is 0 Å². The normalized spacial score (nSPS) is 16.8. The van der Waals surface area contributed by atoms with Gasteiger partial charge in [-0.2, -0.15) is 0 Å². The predicted octanol–water partition coefficient (Wildman–Crippen LogP) is 2.79. The summed E-state index contributed by atoms with van der Waals surface area (Å²) >= 11 is 3.38. The highest BCUT2D eigenvalue weighted by atomic mass is 79.9. The van der Waals surface area contributed by atoms with Crippen LogP contribution in [0, 0.1) is 6.92 Å². The van der Waals surface area contributed by atoms with Gasteiger partial charge in [0, 0.05) is 11.0 Å². The van der Waals surface area contributed by atoms with Crippen molar-refractivity contribution in [2.45, 2.75) is 31.8 Å². The van der Waals surface area contributed by atoms with Crippen LogP contribution in [0.3, 0.4) is 0 Å². The fraction of sp³-hybridized carbons (Fsp3) is 0.462. The molecule has 1 saturated carbocycles. The van der Waals surface area contributed by atoms with Crippen molar-refractivity contribution in [2.75, 3.05) is 11.9 Å². The standard InChI is InChI=1S/C13H17BrN2O2/c1-9-3-4-10(14)11(7-9)16-12(17)15-8-13(18)5-2-6-13/h3-4,7,18H,2,5-6,8H2,1H3,(H2,15,16,17). The van der Waals surface area contributed by atoms with E-state index in [9.17, 15) is 9.90 Å². The van der Waals surface area contributed by atoms with Crippen LogP contribution in [0.15, 0.2) is 22.7 Å². The van der Waals surface area contributed by atoms with Gasteiger partial charge >= 0.3 is 6.03 Å². The first-order valence-electron chi connectivity index (χ1n) is 6.02. The zero-order chi connectivity index (χ0) is 13.2. The molecule has 0 aliphatic heterocycles. The minimum atomic E-state index is -0.693. The Kier molecular flexibility index (Phi) is 3.92. The Labute approximate surface area is 115 Å². The number of anilines is 1. The monoisotopic (exact) mass is 312 g/mol. The molecule has 3 N–H and O–H groups in total. The van der Waals surface area contributed by atoms with Crippen molar-refractivity contribution in [1.29, 1.82) is 0 Å². The molecule has 0 aromatic heterocycles. The maximum absolute atomic E-state index is 11.7. The molecular formula is C13H17BrN2O2. The highest BCUT2D eigenvalue weighted by molar-refractivity contribution is 9.10. The van der Waals surface area contributed by atoms with Crippen molar-refractivity contribution >= 4 is 27.6 Å². The summed E-state index contributed by atoms with van der Waals surface area (Å²) in [5.74, 6) is 0. The van der Waals surface area contributed by atoms with Crippen LogP contribution >= 0.6 is 15.9 Å². The number of benzene rings is 1. The van der Waals surface area contributed by atoms with E-state index in [1.807, 2.05) is 25.1 Å². The van der Waals surface area contributed by atoms with Gasteiger partial charge in [0.25, 0.3) is 0 Å². The Morgan fingerprint density at radius 1 is 1.50 bits per heavy atom. The van der Waals surface area contributed by atoms with E-state index in [4.69, 9.17) is 0 Å². The number of carbonyl (C=O) groups excluding carboxylic acids is 1. The number of halogens is 1. The second-order valence-electron chi connectivity index (χ2n) is 4.87. The number of hydrogen-bond donors (Lipinski definition) is 3. The fourth-order valence-corrected chi connectivity index (χ4v) is 2.25. The van der Waals surface area contributed by atoms with Crippen molar-refractivity contribution in [2.24, 2.45) is 0 Å². The molecule has 5 heteroatoms. The molecule has 1 fully saturated rings. The van der Waals surface area contributed by atoms with E-state index in [-0.39, 0.29) is 6.03 Å². The molecule has 0 bridgehead atoms. The van der Waals surface area contributed by atoms with E-state index in [2.05, 4.69) is 26.6 Å². The summed E-state index contributed by atoms with van der Waals surface area (Å²) in [5, 5.41) is 15.3. The lowest BCUT2D eigenvalue weighted by atomic mass is 9.80. The third-order valence-corrected chi connectivity index (χ3v) is 3.92. The number of hydrogen-bond acceptors (Lipinski definition) is 2. The molecule has 18 heavy (non-hydrogen) atoms. The second-order valence-corrected chi connectivity index (χ2v) is 5.72. The zero-order valence-corrected chi connectivity index (χ0v) is 11.9. The summed E-state index contributed by atoms with van der Waals surface area (Å²) in [4.78, 5) is 11.7. The van der Waals surface area contributed by atoms with Crippen LogP contribution in [0.5, 0.6) is 0 Å². The lowest BCUT2D eigenvalue weighted by Gasteiger charge is -2.36. The number of carbonyl (C=O) groups is 1. The van der Waals surface area contributed by atoms with Crippen molar-refractivity contribution in [3.05, 3.63) is 28.2 Å². The first kappa shape index (κ1) is 13.4. The van der Waals surface area contributed by atoms with Gasteiger partial charge < -0.3 is 15.7 Å². The van der Waals surface area contributed by atoms with Crippen LogP contribution in [0.2, 0.25) is 0 Å². The third-order valence-electron chi connectivity index (χ3n) is 3.23. The molecule has 0 saturated heterocycles. The van der Waals surface area contributed by atoms with Gasteiger partial charge in [0.15, 0.2) is 0 Å². The highest BCUT2D eigenvalue weighted by Gasteiger charge is 2.34. The van der Waals surface area contributed by atoms with Gasteiger partial charge in [-0.25, -0.2) is 4.79 Å². The summed E-state index contributed by atoms with van der Waals surface area (Å²) in [7, 11) is 0. The lowest BCUT2D eigenvalue weighted by molar-refractivity contribution is -0.0287. The molecule has 2 amide bonds. The van der Waals surface area contributed by atoms with Crippen LogP contribution in [-0.4, -0.2) is 23.3 Å². The summed E-state index contributed by atoms with van der Waals surface area (Å²) in [6.07, 6.45) is 2.56. The maximum atomic E-state index is 11.7.